The Balaban J connectivity index is 1.37. The fourth-order valence-electron chi connectivity index (χ4n) is 5.91. The number of aliphatic hydroxyl groups is 2. The molecule has 4 aromatic carbocycles. The zero-order valence-corrected chi connectivity index (χ0v) is 26.5. The Morgan fingerprint density at radius 1 is 0.936 bits per heavy atom. The van der Waals surface area contributed by atoms with Crippen molar-refractivity contribution < 1.29 is 29.3 Å². The van der Waals surface area contributed by atoms with Gasteiger partial charge in [0.1, 0.15) is 5.75 Å². The van der Waals surface area contributed by atoms with Crippen molar-refractivity contribution in [1.29, 1.82) is 0 Å². The summed E-state index contributed by atoms with van der Waals surface area (Å²) < 4.78 is 5.44. The minimum Gasteiger partial charge on any atom is -0.497 e. The van der Waals surface area contributed by atoms with Crippen LogP contribution in [-0.4, -0.2) is 53.6 Å². The molecule has 0 aliphatic carbocycles. The van der Waals surface area contributed by atoms with Crippen molar-refractivity contribution in [3.63, 3.8) is 0 Å². The van der Waals surface area contributed by atoms with E-state index in [0.29, 0.717) is 34.9 Å². The molecule has 47 heavy (non-hydrogen) atoms. The SMILES string of the molecule is COc1ccc2c(c1)[C@](O)([C@@H](C)/C=C/CC(=O)N(CCO)Cc1ccccc1)C(=O)N2Cc1cccc(N(C=O)c2ccccc2)c1. The van der Waals surface area contributed by atoms with Gasteiger partial charge in [0.05, 0.1) is 25.9 Å². The van der Waals surface area contributed by atoms with Gasteiger partial charge in [-0.25, -0.2) is 0 Å². The Morgan fingerprint density at radius 2 is 1.62 bits per heavy atom. The average Bonchev–Trinajstić information content (AvgIpc) is 3.31. The maximum absolute atomic E-state index is 14.2. The number of hydrogen-bond acceptors (Lipinski definition) is 6. The smallest absolute Gasteiger partial charge is 0.264 e. The summed E-state index contributed by atoms with van der Waals surface area (Å²) in [6.45, 7) is 2.29. The number of methoxy groups -OCH3 is 1. The van der Waals surface area contributed by atoms with Crippen LogP contribution in [0, 0.1) is 5.92 Å². The molecule has 0 saturated heterocycles. The largest absolute Gasteiger partial charge is 0.497 e. The van der Waals surface area contributed by atoms with E-state index in [0.717, 1.165) is 17.5 Å². The number of hydrogen-bond donors (Lipinski definition) is 2. The molecule has 0 spiro atoms. The number of benzene rings is 4. The second-order valence-corrected chi connectivity index (χ2v) is 11.5. The molecule has 2 atom stereocenters. The van der Waals surface area contributed by atoms with Gasteiger partial charge in [-0.2, -0.15) is 0 Å². The summed E-state index contributed by atoms with van der Waals surface area (Å²) in [5, 5.41) is 21.7. The average molecular weight is 634 g/mol. The van der Waals surface area contributed by atoms with Gasteiger partial charge >= 0.3 is 0 Å². The van der Waals surface area contributed by atoms with Crippen LogP contribution in [0.15, 0.2) is 115 Å². The number of carbonyl (C=O) groups is 3. The van der Waals surface area contributed by atoms with Crippen LogP contribution in [0.2, 0.25) is 0 Å². The van der Waals surface area contributed by atoms with Gasteiger partial charge in [-0.15, -0.1) is 0 Å². The van der Waals surface area contributed by atoms with E-state index >= 15 is 0 Å². The Bertz CT molecular complexity index is 1730. The molecular weight excluding hydrogens is 594 g/mol. The molecule has 3 amide bonds. The lowest BCUT2D eigenvalue weighted by molar-refractivity contribution is -0.139. The summed E-state index contributed by atoms with van der Waals surface area (Å²) in [6, 6.07) is 31.3. The summed E-state index contributed by atoms with van der Waals surface area (Å²) in [7, 11) is 1.52. The first-order valence-electron chi connectivity index (χ1n) is 15.5. The number of ether oxygens (including phenoxy) is 1. The summed E-state index contributed by atoms with van der Waals surface area (Å²) in [5.74, 6) is -0.889. The molecule has 1 aliphatic heterocycles. The fourth-order valence-corrected chi connectivity index (χ4v) is 5.91. The number of aliphatic hydroxyl groups excluding tert-OH is 1. The second kappa shape index (κ2) is 14.9. The van der Waals surface area contributed by atoms with E-state index in [9.17, 15) is 24.6 Å². The van der Waals surface area contributed by atoms with Crippen molar-refractivity contribution in [3.8, 4) is 5.75 Å². The molecule has 9 heteroatoms. The molecule has 1 aliphatic rings. The highest BCUT2D eigenvalue weighted by Crippen LogP contribution is 2.47. The Hall–Kier alpha value is -5.25. The standard InChI is InChI=1S/C38H39N3O6/c1-28(11-9-18-36(44)39(21-22-42)25-29-12-5-3-6-13-29)38(46)34-24-33(47-2)19-20-35(34)40(37(38)45)26-30-14-10-17-32(23-30)41(27-43)31-15-7-4-8-16-31/h3-17,19-20,23-24,27-28,42,46H,18,21-22,25-26H2,1-2H3/b11-9+/t28-,38+/m0/s1. The normalized spacial score (nSPS) is 16.2. The number of carbonyl (C=O) groups excluding carboxylic acids is 3. The molecule has 0 aromatic heterocycles. The van der Waals surface area contributed by atoms with Gasteiger partial charge in [-0.3, -0.25) is 19.3 Å². The number of amides is 3. The predicted octanol–water partition coefficient (Wildman–Crippen LogP) is 5.33. The van der Waals surface area contributed by atoms with E-state index in [1.165, 1.54) is 12.0 Å². The monoisotopic (exact) mass is 633 g/mol. The maximum Gasteiger partial charge on any atom is 0.264 e. The van der Waals surface area contributed by atoms with E-state index < -0.39 is 17.4 Å². The number of fused-ring (bicyclic) bond motifs is 1. The second-order valence-electron chi connectivity index (χ2n) is 11.5. The minimum atomic E-state index is -1.92. The van der Waals surface area contributed by atoms with Crippen molar-refractivity contribution in [3.05, 3.63) is 132 Å². The molecule has 0 saturated carbocycles. The lowest BCUT2D eigenvalue weighted by atomic mass is 9.83. The van der Waals surface area contributed by atoms with Crippen LogP contribution in [0.4, 0.5) is 17.1 Å². The van der Waals surface area contributed by atoms with Gasteiger partial charge in [0.25, 0.3) is 5.91 Å². The third-order valence-corrected chi connectivity index (χ3v) is 8.46. The molecule has 0 radical (unpaired) electrons. The Labute approximate surface area is 274 Å². The molecule has 4 aromatic rings. The Kier molecular flexibility index (Phi) is 10.5. The van der Waals surface area contributed by atoms with E-state index in [4.69, 9.17) is 4.74 Å². The summed E-state index contributed by atoms with van der Waals surface area (Å²) in [4.78, 5) is 44.0. The third kappa shape index (κ3) is 7.11. The van der Waals surface area contributed by atoms with Gasteiger partial charge in [0.15, 0.2) is 5.60 Å². The van der Waals surface area contributed by atoms with Crippen molar-refractivity contribution in [1.82, 2.24) is 4.90 Å². The van der Waals surface area contributed by atoms with E-state index in [2.05, 4.69) is 0 Å². The lowest BCUT2D eigenvalue weighted by Gasteiger charge is -2.28. The topological polar surface area (TPSA) is 111 Å². The summed E-state index contributed by atoms with van der Waals surface area (Å²) in [6.07, 6.45) is 4.14. The van der Waals surface area contributed by atoms with Crippen molar-refractivity contribution >= 4 is 35.3 Å². The van der Waals surface area contributed by atoms with Crippen LogP contribution in [0.3, 0.4) is 0 Å². The van der Waals surface area contributed by atoms with Crippen LogP contribution < -0.4 is 14.5 Å². The predicted molar refractivity (Wildman–Crippen MR) is 181 cm³/mol. The van der Waals surface area contributed by atoms with Gasteiger partial charge in [-0.05, 0) is 53.6 Å². The number of anilines is 3. The highest BCUT2D eigenvalue weighted by Gasteiger charge is 2.52. The highest BCUT2D eigenvalue weighted by molar-refractivity contribution is 6.07. The first kappa shape index (κ1) is 33.1. The summed E-state index contributed by atoms with van der Waals surface area (Å²) in [5.41, 5.74) is 2.10. The third-order valence-electron chi connectivity index (χ3n) is 8.46. The summed E-state index contributed by atoms with van der Waals surface area (Å²) >= 11 is 0. The zero-order valence-electron chi connectivity index (χ0n) is 26.5. The van der Waals surface area contributed by atoms with Gasteiger partial charge in [0.2, 0.25) is 12.3 Å². The zero-order chi connectivity index (χ0) is 33.4. The Morgan fingerprint density at radius 3 is 2.30 bits per heavy atom. The quantitative estimate of drug-likeness (QED) is 0.144. The molecule has 5 rings (SSSR count). The fraction of sp³-hybridized carbons (Fsp3) is 0.237. The van der Waals surface area contributed by atoms with E-state index in [1.54, 1.807) is 47.1 Å². The number of nitrogens with zero attached hydrogens (tertiary/aromatic N) is 3. The van der Waals surface area contributed by atoms with Crippen LogP contribution >= 0.6 is 0 Å². The van der Waals surface area contributed by atoms with E-state index in [-0.39, 0.29) is 32.0 Å². The minimum absolute atomic E-state index is 0.0393. The van der Waals surface area contributed by atoms with Crippen molar-refractivity contribution in [2.45, 2.75) is 32.0 Å². The number of rotatable bonds is 14. The van der Waals surface area contributed by atoms with Gasteiger partial charge in [-0.1, -0.05) is 79.7 Å². The molecule has 0 fully saturated rings. The van der Waals surface area contributed by atoms with Crippen molar-refractivity contribution in [2.75, 3.05) is 30.1 Å². The maximum atomic E-state index is 14.2. The molecular formula is C38H39N3O6. The lowest BCUT2D eigenvalue weighted by Crippen LogP contribution is -2.44. The molecule has 242 valence electrons. The van der Waals surface area contributed by atoms with Crippen LogP contribution in [-0.2, 0) is 33.1 Å². The van der Waals surface area contributed by atoms with E-state index in [1.807, 2.05) is 84.9 Å². The van der Waals surface area contributed by atoms with Gasteiger partial charge < -0.3 is 24.7 Å². The van der Waals surface area contributed by atoms with Crippen LogP contribution in [0.1, 0.15) is 30.0 Å². The molecule has 1 heterocycles. The molecule has 0 unspecified atom stereocenters. The molecule has 0 bridgehead atoms. The first-order chi connectivity index (χ1) is 22.8. The van der Waals surface area contributed by atoms with Crippen molar-refractivity contribution in [2.24, 2.45) is 5.92 Å². The molecule has 2 N–H and O–H groups in total. The number of para-hydroxylation sites is 1. The highest BCUT2D eigenvalue weighted by atomic mass is 16.5. The van der Waals surface area contributed by atoms with Gasteiger partial charge in [0, 0.05) is 42.4 Å². The van der Waals surface area contributed by atoms with Crippen LogP contribution in [0.5, 0.6) is 5.75 Å². The molecule has 9 nitrogen and oxygen atoms in total. The first-order valence-corrected chi connectivity index (χ1v) is 15.5. The van der Waals surface area contributed by atoms with Crippen LogP contribution in [0.25, 0.3) is 0 Å².